The Labute approximate surface area is 373 Å². The minimum Gasteiger partial charge on any atom is -0.394 e. The first-order valence-corrected chi connectivity index (χ1v) is 25.3. The van der Waals surface area contributed by atoms with Crippen LogP contribution in [0.2, 0.25) is 0 Å². The first-order valence-electron chi connectivity index (χ1n) is 25.3. The van der Waals surface area contributed by atoms with E-state index in [1.54, 1.807) is 0 Å². The van der Waals surface area contributed by atoms with Crippen LogP contribution >= 0.6 is 0 Å². The topological polar surface area (TPSA) is 149 Å². The zero-order valence-electron chi connectivity index (χ0n) is 39.2. The van der Waals surface area contributed by atoms with Gasteiger partial charge in [-0.3, -0.25) is 4.79 Å². The first-order chi connectivity index (χ1) is 29.8. The second-order valence-electron chi connectivity index (χ2n) is 17.6. The van der Waals surface area contributed by atoms with Gasteiger partial charge in [0.2, 0.25) is 5.91 Å². The highest BCUT2D eigenvalue weighted by Crippen LogP contribution is 2.23. The number of unbranched alkanes of at least 4 members (excludes halogenated alkanes) is 24. The molecule has 0 spiro atoms. The van der Waals surface area contributed by atoms with Crippen molar-refractivity contribution in [2.45, 2.75) is 262 Å². The van der Waals surface area contributed by atoms with Crippen LogP contribution in [0.1, 0.15) is 219 Å². The van der Waals surface area contributed by atoms with Gasteiger partial charge in [-0.25, -0.2) is 0 Å². The quantitative estimate of drug-likeness (QED) is 0.0262. The van der Waals surface area contributed by atoms with Crippen molar-refractivity contribution >= 4 is 5.91 Å². The molecule has 9 nitrogen and oxygen atoms in total. The molecule has 7 unspecified atom stereocenters. The van der Waals surface area contributed by atoms with Gasteiger partial charge in [0.05, 0.1) is 25.4 Å². The summed E-state index contributed by atoms with van der Waals surface area (Å²) in [6.45, 7) is 3.73. The lowest BCUT2D eigenvalue weighted by atomic mass is 9.99. The van der Waals surface area contributed by atoms with Gasteiger partial charge in [0, 0.05) is 6.42 Å². The van der Waals surface area contributed by atoms with Gasteiger partial charge in [0.25, 0.3) is 0 Å². The van der Waals surface area contributed by atoms with Crippen molar-refractivity contribution in [2.24, 2.45) is 0 Å². The van der Waals surface area contributed by atoms with E-state index in [1.165, 1.54) is 122 Å². The fourth-order valence-electron chi connectivity index (χ4n) is 7.92. The zero-order valence-corrected chi connectivity index (χ0v) is 39.2. The summed E-state index contributed by atoms with van der Waals surface area (Å²) in [5.74, 6) is -0.153. The molecule has 1 aliphatic heterocycles. The van der Waals surface area contributed by atoms with Crippen molar-refractivity contribution in [1.29, 1.82) is 0 Å². The average Bonchev–Trinajstić information content (AvgIpc) is 3.26. The Hall–Kier alpha value is -1.85. The van der Waals surface area contributed by atoms with Crippen LogP contribution in [0.25, 0.3) is 0 Å². The summed E-state index contributed by atoms with van der Waals surface area (Å²) < 4.78 is 11.3. The van der Waals surface area contributed by atoms with Gasteiger partial charge in [-0.1, -0.05) is 210 Å². The van der Waals surface area contributed by atoms with E-state index in [0.717, 1.165) is 70.6 Å². The van der Waals surface area contributed by atoms with Gasteiger partial charge in [0.1, 0.15) is 24.4 Å². The predicted molar refractivity (Wildman–Crippen MR) is 253 cm³/mol. The largest absolute Gasteiger partial charge is 0.394 e. The summed E-state index contributed by atoms with van der Waals surface area (Å²) >= 11 is 0. The second-order valence-corrected chi connectivity index (χ2v) is 17.6. The van der Waals surface area contributed by atoms with Gasteiger partial charge in [-0.2, -0.15) is 0 Å². The summed E-state index contributed by atoms with van der Waals surface area (Å²) in [7, 11) is 0. The molecule has 0 aromatic carbocycles. The Balaban J connectivity index is 2.28. The number of carbonyl (C=O) groups is 1. The lowest BCUT2D eigenvalue weighted by molar-refractivity contribution is -0.302. The highest BCUT2D eigenvalue weighted by molar-refractivity contribution is 5.76. The average molecular weight is 862 g/mol. The summed E-state index contributed by atoms with van der Waals surface area (Å²) in [4.78, 5) is 13.0. The van der Waals surface area contributed by atoms with Crippen LogP contribution in [0.4, 0.5) is 0 Å². The van der Waals surface area contributed by atoms with Gasteiger partial charge in [-0.05, 0) is 51.4 Å². The molecule has 1 amide bonds. The highest BCUT2D eigenvalue weighted by atomic mass is 16.7. The number of amides is 1. The molecular weight excluding hydrogens is 767 g/mol. The van der Waals surface area contributed by atoms with E-state index in [1.807, 2.05) is 0 Å². The monoisotopic (exact) mass is 862 g/mol. The molecule has 6 N–H and O–H groups in total. The van der Waals surface area contributed by atoms with Crippen molar-refractivity contribution in [3.05, 3.63) is 48.6 Å². The molecule has 0 aromatic heterocycles. The van der Waals surface area contributed by atoms with Crippen LogP contribution in [-0.4, -0.2) is 87.5 Å². The molecule has 356 valence electrons. The molecule has 1 heterocycles. The number of aliphatic hydroxyl groups excluding tert-OH is 5. The van der Waals surface area contributed by atoms with Crippen molar-refractivity contribution < 1.29 is 39.8 Å². The number of nitrogens with one attached hydrogen (secondary N) is 1. The maximum absolute atomic E-state index is 13.0. The molecular formula is C52H95NO8. The molecule has 0 aromatic rings. The van der Waals surface area contributed by atoms with Crippen LogP contribution < -0.4 is 5.32 Å². The van der Waals surface area contributed by atoms with E-state index >= 15 is 0 Å². The molecule has 7 atom stereocenters. The van der Waals surface area contributed by atoms with Gasteiger partial charge >= 0.3 is 0 Å². The third kappa shape index (κ3) is 32.5. The Morgan fingerprint density at radius 2 is 1.02 bits per heavy atom. The minimum absolute atomic E-state index is 0.142. The number of hydrogen-bond donors (Lipinski definition) is 6. The number of carbonyl (C=O) groups excluding carboxylic acids is 1. The van der Waals surface area contributed by atoms with Gasteiger partial charge in [-0.15, -0.1) is 0 Å². The SMILES string of the molecule is CC/C=C\C/C=C\C/C=C\C/C=C\CCCCCCCCCCC(=O)NC(COC1OC(CO)C(O)C(O)C1O)C(O)CCCCCCCCCCCCCCCCCCC. The van der Waals surface area contributed by atoms with E-state index in [2.05, 4.69) is 67.8 Å². The fraction of sp³-hybridized carbons (Fsp3) is 0.827. The summed E-state index contributed by atoms with van der Waals surface area (Å²) in [5.41, 5.74) is 0. The van der Waals surface area contributed by atoms with E-state index in [4.69, 9.17) is 9.47 Å². The maximum atomic E-state index is 13.0. The number of aliphatic hydroxyl groups is 5. The molecule has 1 aliphatic rings. The number of allylic oxidation sites excluding steroid dienone is 8. The molecule has 0 radical (unpaired) electrons. The van der Waals surface area contributed by atoms with Gasteiger partial charge < -0.3 is 40.3 Å². The number of ether oxygens (including phenoxy) is 2. The van der Waals surface area contributed by atoms with E-state index < -0.39 is 49.5 Å². The van der Waals surface area contributed by atoms with E-state index in [0.29, 0.717) is 12.8 Å². The fourth-order valence-corrected chi connectivity index (χ4v) is 7.92. The molecule has 1 fully saturated rings. The molecule has 0 aliphatic carbocycles. The second kappa shape index (κ2) is 42.1. The van der Waals surface area contributed by atoms with Crippen molar-refractivity contribution in [3.63, 3.8) is 0 Å². The lowest BCUT2D eigenvalue weighted by Crippen LogP contribution is -2.60. The molecule has 1 saturated heterocycles. The minimum atomic E-state index is -1.56. The summed E-state index contributed by atoms with van der Waals surface area (Å²) in [6.07, 6.45) is 46.8. The van der Waals surface area contributed by atoms with Crippen molar-refractivity contribution in [3.8, 4) is 0 Å². The smallest absolute Gasteiger partial charge is 0.220 e. The van der Waals surface area contributed by atoms with Crippen LogP contribution in [0.3, 0.4) is 0 Å². The summed E-state index contributed by atoms with van der Waals surface area (Å²) in [6, 6.07) is -0.724. The Morgan fingerprint density at radius 1 is 0.574 bits per heavy atom. The zero-order chi connectivity index (χ0) is 44.4. The molecule has 0 saturated carbocycles. The molecule has 1 rings (SSSR count). The predicted octanol–water partition coefficient (Wildman–Crippen LogP) is 11.4. The lowest BCUT2D eigenvalue weighted by Gasteiger charge is -2.40. The standard InChI is InChI=1S/C52H95NO8/c1-3-5-7-9-11-13-15-17-19-21-22-23-24-26-28-30-32-34-36-38-40-42-48(56)53-45(44-60-52-51(59)50(58)49(57)47(43-54)61-52)46(55)41-39-37-35-33-31-29-27-25-20-18-16-14-12-10-8-6-4-2/h5,7,11,13,17,19,22-23,45-47,49-52,54-55,57-59H,3-4,6,8-10,12,14-16,18,20-21,24-44H2,1-2H3,(H,53,56)/b7-5-,13-11-,19-17-,23-22-. The Kier molecular flexibility index (Phi) is 39.5. The normalized spacial score (nSPS) is 20.8. The number of rotatable bonds is 42. The van der Waals surface area contributed by atoms with E-state index in [-0.39, 0.29) is 12.5 Å². The van der Waals surface area contributed by atoms with Gasteiger partial charge in [0.15, 0.2) is 6.29 Å². The maximum Gasteiger partial charge on any atom is 0.220 e. The van der Waals surface area contributed by atoms with Crippen molar-refractivity contribution in [1.82, 2.24) is 5.32 Å². The van der Waals surface area contributed by atoms with Crippen LogP contribution in [0.15, 0.2) is 48.6 Å². The van der Waals surface area contributed by atoms with Crippen LogP contribution in [0.5, 0.6) is 0 Å². The third-order valence-electron chi connectivity index (χ3n) is 11.9. The third-order valence-corrected chi connectivity index (χ3v) is 11.9. The number of hydrogen-bond acceptors (Lipinski definition) is 8. The van der Waals surface area contributed by atoms with E-state index in [9.17, 15) is 30.3 Å². The van der Waals surface area contributed by atoms with Crippen LogP contribution in [0, 0.1) is 0 Å². The summed E-state index contributed by atoms with van der Waals surface area (Å²) in [5, 5.41) is 54.5. The molecule has 0 bridgehead atoms. The Morgan fingerprint density at radius 3 is 1.51 bits per heavy atom. The highest BCUT2D eigenvalue weighted by Gasteiger charge is 2.44. The molecule has 9 heteroatoms. The first kappa shape index (κ1) is 57.2. The Bertz CT molecular complexity index is 1090. The molecule has 61 heavy (non-hydrogen) atoms. The van der Waals surface area contributed by atoms with Crippen LogP contribution in [-0.2, 0) is 14.3 Å². The van der Waals surface area contributed by atoms with Crippen molar-refractivity contribution in [2.75, 3.05) is 13.2 Å².